The maximum absolute atomic E-state index is 12.6. The Balaban J connectivity index is 1.53. The lowest BCUT2D eigenvalue weighted by Gasteiger charge is -2.09. The third kappa shape index (κ3) is 4.27. The quantitative estimate of drug-likeness (QED) is 0.627. The molecular weight excluding hydrogens is 382 g/mol. The molecule has 0 saturated heterocycles. The highest BCUT2D eigenvalue weighted by Gasteiger charge is 2.28. The van der Waals surface area contributed by atoms with Crippen molar-refractivity contribution in [2.45, 2.75) is 45.4 Å². The van der Waals surface area contributed by atoms with Crippen LogP contribution < -0.4 is 15.6 Å². The smallest absolute Gasteiger partial charge is 0.255 e. The molecule has 0 radical (unpaired) electrons. The topological polar surface area (TPSA) is 102 Å². The molecular formula is C22H25N5O3. The zero-order valence-electron chi connectivity index (χ0n) is 17.4. The summed E-state index contributed by atoms with van der Waals surface area (Å²) in [6.07, 6.45) is 3.10. The molecule has 2 heterocycles. The highest BCUT2D eigenvalue weighted by atomic mass is 16.5. The fraction of sp³-hybridized carbons (Fsp3) is 0.364. The fourth-order valence-corrected chi connectivity index (χ4v) is 3.21. The van der Waals surface area contributed by atoms with Crippen LogP contribution >= 0.6 is 0 Å². The van der Waals surface area contributed by atoms with E-state index in [0.29, 0.717) is 41.8 Å². The zero-order chi connectivity index (χ0) is 21.3. The van der Waals surface area contributed by atoms with E-state index >= 15 is 0 Å². The Morgan fingerprint density at radius 3 is 2.63 bits per heavy atom. The number of nitrogens with one attached hydrogen (secondary N) is 2. The number of nitrogens with zero attached hydrogens (tertiary/aromatic N) is 3. The van der Waals surface area contributed by atoms with Crippen LogP contribution in [0.15, 0.2) is 35.1 Å². The van der Waals surface area contributed by atoms with Crippen LogP contribution in [0.1, 0.15) is 47.7 Å². The standard InChI is InChI=1S/C22H25N5O3/c1-13-14(2)23-22(25-21(13)29)27-19(12-18(26-27)16-7-8-16)24-20(28)11-6-15-4-9-17(30-3)10-5-15/h4-5,9-10,12,16H,6-8,11H2,1-3H3,(H,24,28)(H,23,25,29). The van der Waals surface area contributed by atoms with Gasteiger partial charge in [-0.1, -0.05) is 12.1 Å². The molecule has 0 bridgehead atoms. The molecule has 2 aromatic heterocycles. The van der Waals surface area contributed by atoms with Crippen molar-refractivity contribution in [1.29, 1.82) is 0 Å². The highest BCUT2D eigenvalue weighted by Crippen LogP contribution is 2.40. The molecule has 1 aliphatic carbocycles. The van der Waals surface area contributed by atoms with E-state index < -0.39 is 0 Å². The summed E-state index contributed by atoms with van der Waals surface area (Å²) in [6.45, 7) is 3.51. The number of anilines is 1. The summed E-state index contributed by atoms with van der Waals surface area (Å²) in [5, 5.41) is 7.53. The molecule has 0 spiro atoms. The molecule has 0 unspecified atom stereocenters. The third-order valence-corrected chi connectivity index (χ3v) is 5.37. The number of ether oxygens (including phenoxy) is 1. The van der Waals surface area contributed by atoms with Gasteiger partial charge in [-0.3, -0.25) is 14.6 Å². The van der Waals surface area contributed by atoms with E-state index in [9.17, 15) is 9.59 Å². The van der Waals surface area contributed by atoms with Gasteiger partial charge in [0.1, 0.15) is 11.6 Å². The summed E-state index contributed by atoms with van der Waals surface area (Å²) < 4.78 is 6.68. The van der Waals surface area contributed by atoms with Crippen LogP contribution in [0.3, 0.4) is 0 Å². The van der Waals surface area contributed by atoms with Crippen molar-refractivity contribution < 1.29 is 9.53 Å². The van der Waals surface area contributed by atoms with Gasteiger partial charge in [0, 0.05) is 29.7 Å². The van der Waals surface area contributed by atoms with E-state index in [1.54, 1.807) is 21.0 Å². The second kappa shape index (κ2) is 8.14. The first-order valence-electron chi connectivity index (χ1n) is 10.0. The van der Waals surface area contributed by atoms with E-state index in [2.05, 4.69) is 20.4 Å². The number of carbonyl (C=O) groups excluding carboxylic acids is 1. The summed E-state index contributed by atoms with van der Waals surface area (Å²) in [5.41, 5.74) is 2.95. The number of aryl methyl sites for hydroxylation is 2. The summed E-state index contributed by atoms with van der Waals surface area (Å²) in [7, 11) is 1.62. The van der Waals surface area contributed by atoms with Gasteiger partial charge in [-0.25, -0.2) is 4.98 Å². The number of amides is 1. The SMILES string of the molecule is COc1ccc(CCC(=O)Nc2cc(C3CC3)nn2-c2nc(C)c(C)c(=O)[nH]2)cc1. The van der Waals surface area contributed by atoms with E-state index in [0.717, 1.165) is 29.8 Å². The number of benzene rings is 1. The van der Waals surface area contributed by atoms with Gasteiger partial charge >= 0.3 is 0 Å². The average Bonchev–Trinajstić information content (AvgIpc) is 3.51. The Bertz CT molecular complexity index is 1130. The predicted molar refractivity (Wildman–Crippen MR) is 113 cm³/mol. The first kappa shape index (κ1) is 19.9. The van der Waals surface area contributed by atoms with Crippen LogP contribution in [0.2, 0.25) is 0 Å². The van der Waals surface area contributed by atoms with Gasteiger partial charge < -0.3 is 10.1 Å². The van der Waals surface area contributed by atoms with Crippen molar-refractivity contribution in [1.82, 2.24) is 19.7 Å². The van der Waals surface area contributed by atoms with Crippen molar-refractivity contribution in [3.63, 3.8) is 0 Å². The van der Waals surface area contributed by atoms with Crippen molar-refractivity contribution in [2.24, 2.45) is 0 Å². The Kier molecular flexibility index (Phi) is 5.39. The van der Waals surface area contributed by atoms with Crippen LogP contribution in [0.5, 0.6) is 5.75 Å². The Hall–Kier alpha value is -3.42. The van der Waals surface area contributed by atoms with E-state index in [1.165, 1.54) is 4.68 Å². The molecule has 4 rings (SSSR count). The molecule has 0 atom stereocenters. The van der Waals surface area contributed by atoms with Gasteiger partial charge in [0.05, 0.1) is 12.8 Å². The minimum absolute atomic E-state index is 0.125. The summed E-state index contributed by atoms with van der Waals surface area (Å²) >= 11 is 0. The van der Waals surface area contributed by atoms with Crippen LogP contribution in [0.25, 0.3) is 5.95 Å². The monoisotopic (exact) mass is 407 g/mol. The number of aromatic amines is 1. The average molecular weight is 407 g/mol. The van der Waals surface area contributed by atoms with E-state index in [4.69, 9.17) is 4.74 Å². The van der Waals surface area contributed by atoms with E-state index in [1.807, 2.05) is 30.3 Å². The maximum atomic E-state index is 12.6. The molecule has 30 heavy (non-hydrogen) atoms. The maximum Gasteiger partial charge on any atom is 0.255 e. The molecule has 8 heteroatoms. The number of hydrogen-bond acceptors (Lipinski definition) is 5. The van der Waals surface area contributed by atoms with Crippen molar-refractivity contribution in [2.75, 3.05) is 12.4 Å². The molecule has 1 aliphatic rings. The lowest BCUT2D eigenvalue weighted by molar-refractivity contribution is -0.116. The molecule has 8 nitrogen and oxygen atoms in total. The minimum Gasteiger partial charge on any atom is -0.497 e. The molecule has 1 saturated carbocycles. The third-order valence-electron chi connectivity index (χ3n) is 5.37. The number of aromatic nitrogens is 4. The van der Waals surface area contributed by atoms with Crippen LogP contribution in [0.4, 0.5) is 5.82 Å². The molecule has 3 aromatic rings. The number of methoxy groups -OCH3 is 1. The number of hydrogen-bond donors (Lipinski definition) is 2. The molecule has 1 aromatic carbocycles. The van der Waals surface area contributed by atoms with Gasteiger partial charge in [-0.05, 0) is 50.8 Å². The Morgan fingerprint density at radius 1 is 1.27 bits per heavy atom. The fourth-order valence-electron chi connectivity index (χ4n) is 3.21. The first-order valence-corrected chi connectivity index (χ1v) is 10.0. The number of carbonyl (C=O) groups is 1. The second-order valence-corrected chi connectivity index (χ2v) is 7.64. The molecule has 1 fully saturated rings. The van der Waals surface area contributed by atoms with Crippen molar-refractivity contribution >= 4 is 11.7 Å². The van der Waals surface area contributed by atoms with Gasteiger partial charge in [0.25, 0.3) is 5.56 Å². The molecule has 2 N–H and O–H groups in total. The summed E-state index contributed by atoms with van der Waals surface area (Å²) in [4.78, 5) is 32.0. The lowest BCUT2D eigenvalue weighted by Crippen LogP contribution is -2.21. The molecule has 0 aliphatic heterocycles. The second-order valence-electron chi connectivity index (χ2n) is 7.64. The number of H-pyrrole nitrogens is 1. The Labute approximate surface area is 174 Å². The van der Waals surface area contributed by atoms with Gasteiger partial charge in [0.2, 0.25) is 11.9 Å². The zero-order valence-corrected chi connectivity index (χ0v) is 17.4. The van der Waals surface area contributed by atoms with Crippen LogP contribution in [-0.4, -0.2) is 32.8 Å². The van der Waals surface area contributed by atoms with Gasteiger partial charge in [-0.2, -0.15) is 9.78 Å². The Morgan fingerprint density at radius 2 is 2.00 bits per heavy atom. The highest BCUT2D eigenvalue weighted by molar-refractivity contribution is 5.90. The van der Waals surface area contributed by atoms with Crippen molar-refractivity contribution in [3.05, 3.63) is 63.2 Å². The van der Waals surface area contributed by atoms with Crippen molar-refractivity contribution in [3.8, 4) is 11.7 Å². The lowest BCUT2D eigenvalue weighted by atomic mass is 10.1. The predicted octanol–water partition coefficient (Wildman–Crippen LogP) is 3.03. The summed E-state index contributed by atoms with van der Waals surface area (Å²) in [5.74, 6) is 1.89. The molecule has 156 valence electrons. The molecule has 1 amide bonds. The van der Waals surface area contributed by atoms with Crippen LogP contribution in [-0.2, 0) is 11.2 Å². The number of rotatable bonds is 7. The largest absolute Gasteiger partial charge is 0.497 e. The summed E-state index contributed by atoms with van der Waals surface area (Å²) in [6, 6.07) is 9.53. The van der Waals surface area contributed by atoms with Crippen LogP contribution in [0, 0.1) is 13.8 Å². The first-order chi connectivity index (χ1) is 14.4. The van der Waals surface area contributed by atoms with Gasteiger partial charge in [-0.15, -0.1) is 0 Å². The van der Waals surface area contributed by atoms with Gasteiger partial charge in [0.15, 0.2) is 0 Å². The normalized spacial score (nSPS) is 13.3. The minimum atomic E-state index is -0.210. The van der Waals surface area contributed by atoms with E-state index in [-0.39, 0.29) is 11.5 Å².